The summed E-state index contributed by atoms with van der Waals surface area (Å²) in [6, 6.07) is 9.90. The van der Waals surface area contributed by atoms with E-state index < -0.39 is 21.7 Å². The van der Waals surface area contributed by atoms with Crippen LogP contribution in [-0.4, -0.2) is 38.3 Å². The number of carbonyl (C=O) groups is 1. The molecule has 6 nitrogen and oxygen atoms in total. The summed E-state index contributed by atoms with van der Waals surface area (Å²) in [6.07, 6.45) is 1.65. The standard InChI is InChI=1S/C19H21FN2O4S/c1-2-26-18-10-9-14(27(24,25)22-11-5-6-12-22)13-17(18)21-19(23)15-7-3-4-8-16(15)20/h3-4,7-10,13H,2,5-6,11-12H2,1H3,(H,21,23). The highest BCUT2D eigenvalue weighted by Crippen LogP contribution is 2.31. The van der Waals surface area contributed by atoms with Gasteiger partial charge >= 0.3 is 0 Å². The molecule has 2 aromatic rings. The van der Waals surface area contributed by atoms with Crippen molar-refractivity contribution in [1.29, 1.82) is 0 Å². The Balaban J connectivity index is 1.95. The number of sulfonamides is 1. The number of amides is 1. The molecule has 0 radical (unpaired) electrons. The molecule has 1 N–H and O–H groups in total. The third kappa shape index (κ3) is 4.12. The van der Waals surface area contributed by atoms with Crippen LogP contribution in [0, 0.1) is 5.82 Å². The lowest BCUT2D eigenvalue weighted by molar-refractivity contribution is 0.102. The van der Waals surface area contributed by atoms with Crippen LogP contribution in [0.3, 0.4) is 0 Å². The highest BCUT2D eigenvalue weighted by atomic mass is 32.2. The van der Waals surface area contributed by atoms with Gasteiger partial charge in [-0.15, -0.1) is 0 Å². The van der Waals surface area contributed by atoms with Gasteiger partial charge in [0.05, 0.1) is 22.8 Å². The Morgan fingerprint density at radius 1 is 1.19 bits per heavy atom. The predicted molar refractivity (Wildman–Crippen MR) is 100.0 cm³/mol. The van der Waals surface area contributed by atoms with Crippen LogP contribution < -0.4 is 10.1 Å². The van der Waals surface area contributed by atoms with Crippen LogP contribution in [-0.2, 0) is 10.0 Å². The van der Waals surface area contributed by atoms with Crippen molar-refractivity contribution in [3.63, 3.8) is 0 Å². The molecule has 1 aliphatic heterocycles. The van der Waals surface area contributed by atoms with Gasteiger partial charge in [-0.3, -0.25) is 4.79 Å². The average Bonchev–Trinajstić information content (AvgIpc) is 3.19. The zero-order valence-electron chi connectivity index (χ0n) is 14.9. The van der Waals surface area contributed by atoms with Crippen LogP contribution in [0.5, 0.6) is 5.75 Å². The van der Waals surface area contributed by atoms with Crippen LogP contribution in [0.4, 0.5) is 10.1 Å². The molecule has 2 aromatic carbocycles. The summed E-state index contributed by atoms with van der Waals surface area (Å²) in [4.78, 5) is 12.5. The molecule has 8 heteroatoms. The second-order valence-electron chi connectivity index (χ2n) is 6.14. The maximum Gasteiger partial charge on any atom is 0.258 e. The van der Waals surface area contributed by atoms with Crippen LogP contribution >= 0.6 is 0 Å². The topological polar surface area (TPSA) is 75.7 Å². The Labute approximate surface area is 158 Å². The summed E-state index contributed by atoms with van der Waals surface area (Å²) in [5.74, 6) is -1.01. The number of anilines is 1. The normalized spacial score (nSPS) is 14.9. The largest absolute Gasteiger partial charge is 0.492 e. The van der Waals surface area contributed by atoms with Gasteiger partial charge in [-0.2, -0.15) is 4.31 Å². The van der Waals surface area contributed by atoms with Crippen molar-refractivity contribution in [2.75, 3.05) is 25.0 Å². The summed E-state index contributed by atoms with van der Waals surface area (Å²) in [5, 5.41) is 2.57. The number of hydrogen-bond acceptors (Lipinski definition) is 4. The van der Waals surface area contributed by atoms with E-state index in [1.807, 2.05) is 0 Å². The van der Waals surface area contributed by atoms with Crippen molar-refractivity contribution < 1.29 is 22.3 Å². The number of ether oxygens (including phenoxy) is 1. The van der Waals surface area contributed by atoms with E-state index in [9.17, 15) is 17.6 Å². The Morgan fingerprint density at radius 3 is 2.56 bits per heavy atom. The molecule has 0 atom stereocenters. The van der Waals surface area contributed by atoms with Crippen molar-refractivity contribution in [3.8, 4) is 5.75 Å². The van der Waals surface area contributed by atoms with Gasteiger partial charge in [0, 0.05) is 13.1 Å². The first-order valence-electron chi connectivity index (χ1n) is 8.76. The lowest BCUT2D eigenvalue weighted by atomic mass is 10.2. The smallest absolute Gasteiger partial charge is 0.258 e. The van der Waals surface area contributed by atoms with Gasteiger partial charge in [0.1, 0.15) is 11.6 Å². The zero-order valence-corrected chi connectivity index (χ0v) is 15.8. The molecule has 0 aromatic heterocycles. The molecule has 1 aliphatic rings. The Bertz CT molecular complexity index is 940. The minimum Gasteiger partial charge on any atom is -0.492 e. The fourth-order valence-electron chi connectivity index (χ4n) is 2.96. The van der Waals surface area contributed by atoms with E-state index in [0.717, 1.165) is 12.8 Å². The average molecular weight is 392 g/mol. The van der Waals surface area contributed by atoms with Crippen molar-refractivity contribution in [2.24, 2.45) is 0 Å². The number of nitrogens with zero attached hydrogens (tertiary/aromatic N) is 1. The van der Waals surface area contributed by atoms with Crippen molar-refractivity contribution in [2.45, 2.75) is 24.7 Å². The summed E-state index contributed by atoms with van der Waals surface area (Å²) >= 11 is 0. The van der Waals surface area contributed by atoms with Crippen LogP contribution in [0.15, 0.2) is 47.4 Å². The molecule has 27 heavy (non-hydrogen) atoms. The van der Waals surface area contributed by atoms with E-state index in [0.29, 0.717) is 25.4 Å². The van der Waals surface area contributed by atoms with Gasteiger partial charge in [0.25, 0.3) is 5.91 Å². The number of halogens is 1. The van der Waals surface area contributed by atoms with E-state index >= 15 is 0 Å². The minimum atomic E-state index is -3.65. The van der Waals surface area contributed by atoms with Crippen LogP contribution in [0.25, 0.3) is 0 Å². The molecular formula is C19H21FN2O4S. The molecular weight excluding hydrogens is 371 g/mol. The molecule has 1 heterocycles. The molecule has 144 valence electrons. The molecule has 0 unspecified atom stereocenters. The Morgan fingerprint density at radius 2 is 1.89 bits per heavy atom. The Kier molecular flexibility index (Phi) is 5.76. The van der Waals surface area contributed by atoms with Gasteiger partial charge < -0.3 is 10.1 Å². The van der Waals surface area contributed by atoms with Gasteiger partial charge in [-0.25, -0.2) is 12.8 Å². The number of nitrogens with one attached hydrogen (secondary N) is 1. The fourth-order valence-corrected chi connectivity index (χ4v) is 4.50. The number of hydrogen-bond donors (Lipinski definition) is 1. The fraction of sp³-hybridized carbons (Fsp3) is 0.316. The zero-order chi connectivity index (χ0) is 19.4. The number of rotatable bonds is 6. The minimum absolute atomic E-state index is 0.0664. The summed E-state index contributed by atoms with van der Waals surface area (Å²) in [7, 11) is -3.65. The molecule has 1 amide bonds. The molecule has 0 spiro atoms. The molecule has 1 fully saturated rings. The Hall–Kier alpha value is -2.45. The predicted octanol–water partition coefficient (Wildman–Crippen LogP) is 3.26. The van der Waals surface area contributed by atoms with E-state index in [1.165, 1.54) is 40.7 Å². The molecule has 0 aliphatic carbocycles. The first-order chi connectivity index (χ1) is 12.9. The van der Waals surface area contributed by atoms with Crippen LogP contribution in [0.2, 0.25) is 0 Å². The lowest BCUT2D eigenvalue weighted by Gasteiger charge is -2.18. The first kappa shape index (κ1) is 19.3. The summed E-state index contributed by atoms with van der Waals surface area (Å²) in [6.45, 7) is 3.07. The van der Waals surface area contributed by atoms with Gasteiger partial charge in [-0.1, -0.05) is 12.1 Å². The number of carbonyl (C=O) groups excluding carboxylic acids is 1. The van der Waals surface area contributed by atoms with Crippen molar-refractivity contribution in [1.82, 2.24) is 4.31 Å². The second-order valence-corrected chi connectivity index (χ2v) is 8.07. The highest BCUT2D eigenvalue weighted by molar-refractivity contribution is 7.89. The van der Waals surface area contributed by atoms with E-state index in [1.54, 1.807) is 13.0 Å². The molecule has 0 saturated carbocycles. The highest BCUT2D eigenvalue weighted by Gasteiger charge is 2.28. The van der Waals surface area contributed by atoms with E-state index in [-0.39, 0.29) is 16.1 Å². The summed E-state index contributed by atoms with van der Waals surface area (Å²) < 4.78 is 46.3. The molecule has 1 saturated heterocycles. The van der Waals surface area contributed by atoms with Crippen molar-refractivity contribution in [3.05, 3.63) is 53.8 Å². The first-order valence-corrected chi connectivity index (χ1v) is 10.2. The summed E-state index contributed by atoms with van der Waals surface area (Å²) in [5.41, 5.74) is 0.0538. The third-order valence-electron chi connectivity index (χ3n) is 4.32. The molecule has 3 rings (SSSR count). The quantitative estimate of drug-likeness (QED) is 0.819. The molecule has 0 bridgehead atoms. The van der Waals surface area contributed by atoms with E-state index in [4.69, 9.17) is 4.74 Å². The number of benzene rings is 2. The third-order valence-corrected chi connectivity index (χ3v) is 6.21. The van der Waals surface area contributed by atoms with Gasteiger partial charge in [0.2, 0.25) is 10.0 Å². The van der Waals surface area contributed by atoms with Gasteiger partial charge in [-0.05, 0) is 50.1 Å². The maximum atomic E-state index is 13.9. The lowest BCUT2D eigenvalue weighted by Crippen LogP contribution is -2.28. The van der Waals surface area contributed by atoms with Crippen LogP contribution in [0.1, 0.15) is 30.1 Å². The maximum absolute atomic E-state index is 13.9. The SMILES string of the molecule is CCOc1ccc(S(=O)(=O)N2CCCC2)cc1NC(=O)c1ccccc1F. The van der Waals surface area contributed by atoms with Crippen molar-refractivity contribution >= 4 is 21.6 Å². The monoisotopic (exact) mass is 392 g/mol. The second kappa shape index (κ2) is 8.06. The van der Waals surface area contributed by atoms with Gasteiger partial charge in [0.15, 0.2) is 0 Å². The van der Waals surface area contributed by atoms with E-state index in [2.05, 4.69) is 5.32 Å².